The molecule has 1 aromatic heterocycles. The maximum Gasteiger partial charge on any atom is 0.252 e. The number of H-pyrrole nitrogens is 1. The summed E-state index contributed by atoms with van der Waals surface area (Å²) in [6.07, 6.45) is 1.54. The predicted molar refractivity (Wildman–Crippen MR) is 87.3 cm³/mol. The lowest BCUT2D eigenvalue weighted by Gasteiger charge is -2.16. The third-order valence-corrected chi connectivity index (χ3v) is 4.19. The van der Waals surface area contributed by atoms with Crippen LogP contribution in [0.1, 0.15) is 10.4 Å². The van der Waals surface area contributed by atoms with Crippen LogP contribution in [0.2, 0.25) is 0 Å². The van der Waals surface area contributed by atoms with Gasteiger partial charge in [-0.15, -0.1) is 0 Å². The van der Waals surface area contributed by atoms with Crippen LogP contribution < -0.4 is 10.6 Å². The largest absolute Gasteiger partial charge is 0.394 e. The molecule has 2 amide bonds. The van der Waals surface area contributed by atoms with Crippen LogP contribution in [-0.2, 0) is 4.79 Å². The summed E-state index contributed by atoms with van der Waals surface area (Å²) in [4.78, 5) is 35.4. The van der Waals surface area contributed by atoms with Crippen molar-refractivity contribution >= 4 is 39.8 Å². The molecule has 1 aliphatic heterocycles. The van der Waals surface area contributed by atoms with E-state index in [0.29, 0.717) is 17.3 Å². The SMILES string of the molecule is O=C(N[C@@H](CO)C(=O)NC1=NCCS1)c1ccc2nc[nH]c2c1. The van der Waals surface area contributed by atoms with Crippen LogP contribution in [0.25, 0.3) is 11.0 Å². The minimum Gasteiger partial charge on any atom is -0.394 e. The van der Waals surface area contributed by atoms with Gasteiger partial charge in [0.1, 0.15) is 6.04 Å². The van der Waals surface area contributed by atoms with Crippen molar-refractivity contribution in [3.8, 4) is 0 Å². The third-order valence-electron chi connectivity index (χ3n) is 3.30. The highest BCUT2D eigenvalue weighted by molar-refractivity contribution is 8.14. The van der Waals surface area contributed by atoms with E-state index in [1.165, 1.54) is 18.1 Å². The molecular weight excluding hydrogens is 318 g/mol. The number of nitrogens with zero attached hydrogens (tertiary/aromatic N) is 2. The van der Waals surface area contributed by atoms with Gasteiger partial charge in [0, 0.05) is 11.3 Å². The number of aromatic amines is 1. The third kappa shape index (κ3) is 3.51. The number of aromatic nitrogens is 2. The number of thioether (sulfide) groups is 1. The Morgan fingerprint density at radius 1 is 1.43 bits per heavy atom. The Labute approximate surface area is 135 Å². The summed E-state index contributed by atoms with van der Waals surface area (Å²) < 4.78 is 0. The van der Waals surface area contributed by atoms with E-state index in [9.17, 15) is 14.7 Å². The summed E-state index contributed by atoms with van der Waals surface area (Å²) in [5.74, 6) is -0.121. The summed E-state index contributed by atoms with van der Waals surface area (Å²) >= 11 is 1.43. The number of aliphatic imine (C=N–C) groups is 1. The number of hydrogen-bond acceptors (Lipinski definition) is 6. The van der Waals surface area contributed by atoms with Crippen molar-refractivity contribution in [1.29, 1.82) is 0 Å². The highest BCUT2D eigenvalue weighted by Gasteiger charge is 2.23. The van der Waals surface area contributed by atoms with Gasteiger partial charge in [-0.25, -0.2) is 4.98 Å². The first-order valence-corrected chi connectivity index (χ1v) is 7.99. The average molecular weight is 333 g/mol. The van der Waals surface area contributed by atoms with Crippen LogP contribution in [0.3, 0.4) is 0 Å². The number of fused-ring (bicyclic) bond motifs is 1. The Morgan fingerprint density at radius 2 is 2.30 bits per heavy atom. The number of imidazole rings is 1. The van der Waals surface area contributed by atoms with Gasteiger partial charge in [-0.3, -0.25) is 14.6 Å². The van der Waals surface area contributed by atoms with Crippen molar-refractivity contribution in [1.82, 2.24) is 20.6 Å². The number of amides is 2. The summed E-state index contributed by atoms with van der Waals surface area (Å²) in [6.45, 7) is 0.155. The first kappa shape index (κ1) is 15.5. The molecule has 4 N–H and O–H groups in total. The fourth-order valence-electron chi connectivity index (χ4n) is 2.12. The number of carbonyl (C=O) groups excluding carboxylic acids is 2. The highest BCUT2D eigenvalue weighted by Crippen LogP contribution is 2.12. The average Bonchev–Trinajstić information content (AvgIpc) is 3.22. The molecule has 3 rings (SSSR count). The van der Waals surface area contributed by atoms with E-state index < -0.39 is 24.5 Å². The summed E-state index contributed by atoms with van der Waals surface area (Å²) in [5, 5.41) is 15.0. The Kier molecular flexibility index (Phi) is 4.58. The van der Waals surface area contributed by atoms with Crippen molar-refractivity contribution in [3.05, 3.63) is 30.1 Å². The molecule has 2 heterocycles. The summed E-state index contributed by atoms with van der Waals surface area (Å²) in [6, 6.07) is 3.92. The number of aliphatic hydroxyl groups is 1. The number of benzene rings is 1. The fourth-order valence-corrected chi connectivity index (χ4v) is 2.85. The van der Waals surface area contributed by atoms with Gasteiger partial charge >= 0.3 is 0 Å². The molecule has 1 aliphatic rings. The molecule has 0 bridgehead atoms. The van der Waals surface area contributed by atoms with E-state index >= 15 is 0 Å². The second kappa shape index (κ2) is 6.80. The van der Waals surface area contributed by atoms with E-state index in [-0.39, 0.29) is 0 Å². The first-order chi connectivity index (χ1) is 11.2. The maximum atomic E-state index is 12.2. The number of carbonyl (C=O) groups is 2. The quantitative estimate of drug-likeness (QED) is 0.621. The summed E-state index contributed by atoms with van der Waals surface area (Å²) in [7, 11) is 0. The molecule has 120 valence electrons. The fraction of sp³-hybridized carbons (Fsp3) is 0.286. The van der Waals surface area contributed by atoms with Crippen molar-refractivity contribution in [2.24, 2.45) is 4.99 Å². The van der Waals surface area contributed by atoms with Gasteiger partial charge in [0.15, 0.2) is 5.17 Å². The van der Waals surface area contributed by atoms with E-state index in [0.717, 1.165) is 16.8 Å². The molecule has 0 radical (unpaired) electrons. The standard InChI is InChI=1S/C14H15N5O3S/c20-6-11(13(22)19-14-15-3-4-23-14)18-12(21)8-1-2-9-10(5-8)17-7-16-9/h1-2,5,7,11,20H,3-4,6H2,(H,16,17)(H,18,21)(H,15,19,22)/t11-/m0/s1. The predicted octanol–water partition coefficient (Wildman–Crippen LogP) is -0.127. The molecule has 2 aromatic rings. The van der Waals surface area contributed by atoms with Gasteiger partial charge in [-0.05, 0) is 18.2 Å². The van der Waals surface area contributed by atoms with Crippen molar-refractivity contribution in [2.45, 2.75) is 6.04 Å². The van der Waals surface area contributed by atoms with Crippen molar-refractivity contribution in [2.75, 3.05) is 18.9 Å². The first-order valence-electron chi connectivity index (χ1n) is 7.00. The lowest BCUT2D eigenvalue weighted by Crippen LogP contribution is -2.49. The van der Waals surface area contributed by atoms with Crippen LogP contribution in [-0.4, -0.2) is 57.0 Å². The smallest absolute Gasteiger partial charge is 0.252 e. The number of nitrogens with one attached hydrogen (secondary N) is 3. The van der Waals surface area contributed by atoms with Gasteiger partial charge in [0.25, 0.3) is 11.8 Å². The molecule has 0 saturated carbocycles. The Morgan fingerprint density at radius 3 is 3.04 bits per heavy atom. The van der Waals surface area contributed by atoms with E-state index in [1.807, 2.05) is 0 Å². The van der Waals surface area contributed by atoms with Crippen LogP contribution >= 0.6 is 11.8 Å². The zero-order chi connectivity index (χ0) is 16.2. The lowest BCUT2D eigenvalue weighted by atomic mass is 10.1. The number of amidine groups is 1. The number of aliphatic hydroxyl groups excluding tert-OH is 1. The molecule has 0 unspecified atom stereocenters. The van der Waals surface area contributed by atoms with E-state index in [4.69, 9.17) is 0 Å². The van der Waals surface area contributed by atoms with Crippen molar-refractivity contribution < 1.29 is 14.7 Å². The molecule has 23 heavy (non-hydrogen) atoms. The van der Waals surface area contributed by atoms with Crippen LogP contribution in [0, 0.1) is 0 Å². The van der Waals surface area contributed by atoms with E-state index in [1.54, 1.807) is 18.2 Å². The monoisotopic (exact) mass is 333 g/mol. The van der Waals surface area contributed by atoms with E-state index in [2.05, 4.69) is 25.6 Å². The maximum absolute atomic E-state index is 12.2. The van der Waals surface area contributed by atoms with Gasteiger partial charge < -0.3 is 20.7 Å². The van der Waals surface area contributed by atoms with Gasteiger partial charge in [0.05, 0.1) is 30.5 Å². The molecule has 9 heteroatoms. The Bertz CT molecular complexity index is 773. The minimum atomic E-state index is -1.04. The topological polar surface area (TPSA) is 119 Å². The minimum absolute atomic E-state index is 0.376. The van der Waals surface area contributed by atoms with Crippen LogP contribution in [0.15, 0.2) is 29.5 Å². The van der Waals surface area contributed by atoms with Gasteiger partial charge in [-0.1, -0.05) is 11.8 Å². The van der Waals surface area contributed by atoms with Crippen LogP contribution in [0.5, 0.6) is 0 Å². The zero-order valence-electron chi connectivity index (χ0n) is 12.1. The molecule has 1 aromatic carbocycles. The lowest BCUT2D eigenvalue weighted by molar-refractivity contribution is -0.122. The van der Waals surface area contributed by atoms with Gasteiger partial charge in [-0.2, -0.15) is 0 Å². The Hall–Kier alpha value is -2.39. The molecule has 8 nitrogen and oxygen atoms in total. The molecule has 0 aliphatic carbocycles. The Balaban J connectivity index is 1.67. The molecule has 0 fully saturated rings. The second-order valence-electron chi connectivity index (χ2n) is 4.87. The van der Waals surface area contributed by atoms with Gasteiger partial charge in [0.2, 0.25) is 0 Å². The highest BCUT2D eigenvalue weighted by atomic mass is 32.2. The summed E-state index contributed by atoms with van der Waals surface area (Å²) in [5.41, 5.74) is 1.84. The molecule has 1 atom stereocenters. The van der Waals surface area contributed by atoms with Crippen LogP contribution in [0.4, 0.5) is 0 Å². The normalized spacial score (nSPS) is 15.3. The number of hydrogen-bond donors (Lipinski definition) is 4. The molecule has 0 saturated heterocycles. The molecule has 0 spiro atoms. The van der Waals surface area contributed by atoms with Crippen molar-refractivity contribution in [3.63, 3.8) is 0 Å². The number of rotatable bonds is 4. The molecular formula is C14H15N5O3S. The second-order valence-corrected chi connectivity index (χ2v) is 5.95. The zero-order valence-corrected chi connectivity index (χ0v) is 12.9.